The van der Waals surface area contributed by atoms with Crippen LogP contribution in [0, 0.1) is 5.92 Å². The molecule has 0 aromatic carbocycles. The molecule has 9 heteroatoms. The van der Waals surface area contributed by atoms with Gasteiger partial charge in [-0.2, -0.15) is 18.3 Å². The molecule has 0 spiro atoms. The number of rotatable bonds is 3. The highest BCUT2D eigenvalue weighted by atomic mass is 19.4. The number of aromatic nitrogens is 3. The molecule has 1 atom stereocenters. The maximum atomic E-state index is 13.3. The van der Waals surface area contributed by atoms with E-state index in [1.165, 1.54) is 12.3 Å². The molecular formula is C19H24F3N5O. The first-order chi connectivity index (χ1) is 13.1. The number of alkyl halides is 3. The Morgan fingerprint density at radius 2 is 2.04 bits per heavy atom. The predicted octanol–water partition coefficient (Wildman–Crippen LogP) is 3.91. The molecule has 3 heterocycles. The van der Waals surface area contributed by atoms with Crippen LogP contribution in [-0.4, -0.2) is 33.8 Å². The number of nitrogens with one attached hydrogen (secondary N) is 1. The fourth-order valence-corrected chi connectivity index (χ4v) is 3.25. The first kappa shape index (κ1) is 20.2. The van der Waals surface area contributed by atoms with Crippen LogP contribution in [0.3, 0.4) is 0 Å². The lowest BCUT2D eigenvalue weighted by Crippen LogP contribution is -2.41. The Labute approximate surface area is 161 Å². The molecule has 152 valence electrons. The minimum absolute atomic E-state index is 0.118. The molecule has 2 aromatic rings. The topological polar surface area (TPSA) is 63.1 Å². The fraction of sp³-hybridized carbons (Fsp3) is 0.526. The number of nitrogens with zero attached hydrogens (tertiary/aromatic N) is 4. The van der Waals surface area contributed by atoms with Crippen molar-refractivity contribution in [1.29, 1.82) is 0 Å². The van der Waals surface area contributed by atoms with Crippen LogP contribution < -0.4 is 10.2 Å². The van der Waals surface area contributed by atoms with Crippen molar-refractivity contribution in [2.45, 2.75) is 45.3 Å². The normalized spacial score (nSPS) is 18.2. The van der Waals surface area contributed by atoms with Gasteiger partial charge in [0.05, 0.1) is 28.9 Å². The van der Waals surface area contributed by atoms with Gasteiger partial charge < -0.3 is 10.2 Å². The fourth-order valence-electron chi connectivity index (χ4n) is 3.25. The molecular weight excluding hydrogens is 371 g/mol. The molecule has 1 aliphatic rings. The Morgan fingerprint density at radius 1 is 1.29 bits per heavy atom. The van der Waals surface area contributed by atoms with E-state index in [2.05, 4.69) is 15.4 Å². The molecule has 1 aliphatic heterocycles. The van der Waals surface area contributed by atoms with Gasteiger partial charge in [-0.1, -0.05) is 0 Å². The standard InChI is InChI=1S/C19H24F3N5O/c1-18(2,3)27-12-14(10-24-27)25-17(28)13-6-5-9-26(11-13)16-15(19(20,21)22)7-4-8-23-16/h4,7-8,10,12-13H,5-6,9,11H2,1-3H3,(H,25,28). The number of halogens is 3. The zero-order chi connectivity index (χ0) is 20.5. The lowest BCUT2D eigenvalue weighted by molar-refractivity contribution is -0.137. The molecule has 2 aromatic heterocycles. The van der Waals surface area contributed by atoms with Gasteiger partial charge in [0.15, 0.2) is 0 Å². The van der Waals surface area contributed by atoms with E-state index in [0.29, 0.717) is 25.1 Å². The number of anilines is 2. The second-order valence-corrected chi connectivity index (χ2v) is 7.99. The highest BCUT2D eigenvalue weighted by molar-refractivity contribution is 5.92. The second kappa shape index (κ2) is 7.44. The van der Waals surface area contributed by atoms with Crippen LogP contribution in [0.15, 0.2) is 30.7 Å². The van der Waals surface area contributed by atoms with E-state index in [1.807, 2.05) is 20.8 Å². The molecule has 28 heavy (non-hydrogen) atoms. The molecule has 0 bridgehead atoms. The van der Waals surface area contributed by atoms with Gasteiger partial charge in [-0.05, 0) is 45.7 Å². The van der Waals surface area contributed by atoms with Crippen molar-refractivity contribution in [3.8, 4) is 0 Å². The molecule has 1 N–H and O–H groups in total. The summed E-state index contributed by atoms with van der Waals surface area (Å²) >= 11 is 0. The first-order valence-electron chi connectivity index (χ1n) is 9.19. The Bertz CT molecular complexity index is 841. The summed E-state index contributed by atoms with van der Waals surface area (Å²) in [4.78, 5) is 18.2. The monoisotopic (exact) mass is 395 g/mol. The van der Waals surface area contributed by atoms with Crippen molar-refractivity contribution >= 4 is 17.4 Å². The maximum Gasteiger partial charge on any atom is 0.419 e. The van der Waals surface area contributed by atoms with Gasteiger partial charge >= 0.3 is 6.18 Å². The van der Waals surface area contributed by atoms with Gasteiger partial charge in [-0.15, -0.1) is 0 Å². The molecule has 0 radical (unpaired) electrons. The largest absolute Gasteiger partial charge is 0.419 e. The summed E-state index contributed by atoms with van der Waals surface area (Å²) in [5.41, 5.74) is -0.411. The van der Waals surface area contributed by atoms with Crippen molar-refractivity contribution in [1.82, 2.24) is 14.8 Å². The Balaban J connectivity index is 1.72. The summed E-state index contributed by atoms with van der Waals surface area (Å²) in [6.07, 6.45) is 1.41. The predicted molar refractivity (Wildman–Crippen MR) is 100 cm³/mol. The van der Waals surface area contributed by atoms with E-state index in [9.17, 15) is 18.0 Å². The van der Waals surface area contributed by atoms with E-state index in [1.54, 1.807) is 22.0 Å². The zero-order valence-electron chi connectivity index (χ0n) is 16.1. The third-order valence-electron chi connectivity index (χ3n) is 4.72. The van der Waals surface area contributed by atoms with Crippen molar-refractivity contribution < 1.29 is 18.0 Å². The van der Waals surface area contributed by atoms with Crippen molar-refractivity contribution in [2.75, 3.05) is 23.3 Å². The van der Waals surface area contributed by atoms with Crippen LogP contribution >= 0.6 is 0 Å². The number of hydrogen-bond donors (Lipinski definition) is 1. The Hall–Kier alpha value is -2.58. The Morgan fingerprint density at radius 3 is 2.68 bits per heavy atom. The van der Waals surface area contributed by atoms with Crippen molar-refractivity contribution in [3.05, 3.63) is 36.3 Å². The molecule has 6 nitrogen and oxygen atoms in total. The van der Waals surface area contributed by atoms with E-state index >= 15 is 0 Å². The average molecular weight is 395 g/mol. The third kappa shape index (κ3) is 4.45. The SMILES string of the molecule is CC(C)(C)n1cc(NC(=O)C2CCCN(c3ncccc3C(F)(F)F)C2)cn1. The molecule has 1 amide bonds. The van der Waals surface area contributed by atoms with Crippen LogP contribution in [0.25, 0.3) is 0 Å². The lowest BCUT2D eigenvalue weighted by atomic mass is 9.96. The third-order valence-corrected chi connectivity index (χ3v) is 4.72. The van der Waals surface area contributed by atoms with E-state index < -0.39 is 17.7 Å². The highest BCUT2D eigenvalue weighted by Crippen LogP contribution is 2.36. The van der Waals surface area contributed by atoms with Gasteiger partial charge in [0, 0.05) is 25.5 Å². The summed E-state index contributed by atoms with van der Waals surface area (Å²) in [7, 11) is 0. The number of piperidine rings is 1. The summed E-state index contributed by atoms with van der Waals surface area (Å²) in [6, 6.07) is 2.29. The van der Waals surface area contributed by atoms with Crippen LogP contribution in [-0.2, 0) is 16.5 Å². The molecule has 1 unspecified atom stereocenters. The number of pyridine rings is 1. The second-order valence-electron chi connectivity index (χ2n) is 7.99. The van der Waals surface area contributed by atoms with Crippen LogP contribution in [0.1, 0.15) is 39.2 Å². The van der Waals surface area contributed by atoms with Crippen molar-refractivity contribution in [3.63, 3.8) is 0 Å². The molecule has 3 rings (SSSR count). The Kier molecular flexibility index (Phi) is 5.36. The maximum absolute atomic E-state index is 13.3. The molecule has 0 saturated carbocycles. The molecule has 1 saturated heterocycles. The minimum Gasteiger partial charge on any atom is -0.355 e. The van der Waals surface area contributed by atoms with Gasteiger partial charge in [-0.25, -0.2) is 4.98 Å². The van der Waals surface area contributed by atoms with Gasteiger partial charge in [0.2, 0.25) is 5.91 Å². The highest BCUT2D eigenvalue weighted by Gasteiger charge is 2.37. The molecule has 0 aliphatic carbocycles. The van der Waals surface area contributed by atoms with Crippen LogP contribution in [0.4, 0.5) is 24.7 Å². The van der Waals surface area contributed by atoms with Crippen LogP contribution in [0.2, 0.25) is 0 Å². The summed E-state index contributed by atoms with van der Waals surface area (Å²) in [5.74, 6) is -0.759. The molecule has 1 fully saturated rings. The average Bonchev–Trinajstić information content (AvgIpc) is 3.10. The lowest BCUT2D eigenvalue weighted by Gasteiger charge is -2.34. The van der Waals surface area contributed by atoms with E-state index in [4.69, 9.17) is 0 Å². The quantitative estimate of drug-likeness (QED) is 0.856. The van der Waals surface area contributed by atoms with E-state index in [-0.39, 0.29) is 23.8 Å². The van der Waals surface area contributed by atoms with Crippen LogP contribution in [0.5, 0.6) is 0 Å². The number of carbonyl (C=O) groups is 1. The number of hydrogen-bond acceptors (Lipinski definition) is 4. The summed E-state index contributed by atoms with van der Waals surface area (Å²) in [5, 5.41) is 7.07. The smallest absolute Gasteiger partial charge is 0.355 e. The van der Waals surface area contributed by atoms with E-state index in [0.717, 1.165) is 6.07 Å². The number of carbonyl (C=O) groups excluding carboxylic acids is 1. The van der Waals surface area contributed by atoms with Gasteiger partial charge in [0.25, 0.3) is 0 Å². The number of amides is 1. The van der Waals surface area contributed by atoms with Gasteiger partial charge in [0.1, 0.15) is 5.82 Å². The zero-order valence-corrected chi connectivity index (χ0v) is 16.1. The van der Waals surface area contributed by atoms with Crippen molar-refractivity contribution in [2.24, 2.45) is 5.92 Å². The summed E-state index contributed by atoms with van der Waals surface area (Å²) < 4.78 is 41.6. The first-order valence-corrected chi connectivity index (χ1v) is 9.19. The summed E-state index contributed by atoms with van der Waals surface area (Å²) in [6.45, 7) is 6.62. The van der Waals surface area contributed by atoms with Gasteiger partial charge in [-0.3, -0.25) is 9.48 Å². The minimum atomic E-state index is -4.49.